The maximum atomic E-state index is 12.5. The Morgan fingerprint density at radius 3 is 2.63 bits per heavy atom. The highest BCUT2D eigenvalue weighted by Gasteiger charge is 2.27. The lowest BCUT2D eigenvalue weighted by atomic mass is 9.87. The topological polar surface area (TPSA) is 132 Å². The summed E-state index contributed by atoms with van der Waals surface area (Å²) in [6, 6.07) is 5.25. The molecule has 27 heavy (non-hydrogen) atoms. The number of nitrogens with one attached hydrogen (secondary N) is 1. The number of carbonyl (C=O) groups is 2. The number of aromatic nitrogens is 1. The lowest BCUT2D eigenvalue weighted by Crippen LogP contribution is -2.24. The van der Waals surface area contributed by atoms with Gasteiger partial charge in [0.15, 0.2) is 0 Å². The van der Waals surface area contributed by atoms with E-state index < -0.39 is 42.1 Å². The zero-order chi connectivity index (χ0) is 20.1. The third kappa shape index (κ3) is 4.60. The van der Waals surface area contributed by atoms with Crippen molar-refractivity contribution < 1.29 is 33.0 Å². The van der Waals surface area contributed by atoms with Crippen LogP contribution in [0.25, 0.3) is 0 Å². The molecule has 1 amide bonds. The number of rotatable bonds is 7. The molecule has 0 radical (unpaired) electrons. The molecular formula is C17H16F2N2O6. The number of alkyl halides is 2. The van der Waals surface area contributed by atoms with Crippen LogP contribution in [-0.2, 0) is 9.53 Å². The van der Waals surface area contributed by atoms with Crippen molar-refractivity contribution >= 4 is 11.9 Å². The van der Waals surface area contributed by atoms with Gasteiger partial charge < -0.3 is 25.3 Å². The molecule has 2 rings (SSSR count). The Kier molecular flexibility index (Phi) is 6.11. The molecule has 0 saturated carbocycles. The van der Waals surface area contributed by atoms with Crippen molar-refractivity contribution in [3.63, 3.8) is 0 Å². The molecule has 0 spiro atoms. The summed E-state index contributed by atoms with van der Waals surface area (Å²) >= 11 is 0. The number of pyridine rings is 1. The summed E-state index contributed by atoms with van der Waals surface area (Å²) in [5.74, 6) is -3.76. The van der Waals surface area contributed by atoms with Gasteiger partial charge in [-0.15, -0.1) is 0 Å². The van der Waals surface area contributed by atoms with E-state index in [2.05, 4.69) is 14.5 Å². The Morgan fingerprint density at radius 1 is 1.33 bits per heavy atom. The molecule has 0 unspecified atom stereocenters. The van der Waals surface area contributed by atoms with Crippen molar-refractivity contribution in [1.82, 2.24) is 4.98 Å². The number of ether oxygens (including phenoxy) is 2. The van der Waals surface area contributed by atoms with E-state index in [4.69, 9.17) is 5.73 Å². The molecule has 2 aromatic rings. The first kappa shape index (κ1) is 19.9. The van der Waals surface area contributed by atoms with Crippen LogP contribution >= 0.6 is 0 Å². The highest BCUT2D eigenvalue weighted by Crippen LogP contribution is 2.34. The molecule has 0 aliphatic carbocycles. The number of methoxy groups -OCH3 is 1. The number of amides is 1. The summed E-state index contributed by atoms with van der Waals surface area (Å²) in [7, 11) is 1.08. The minimum atomic E-state index is -3.07. The van der Waals surface area contributed by atoms with E-state index >= 15 is 0 Å². The maximum absolute atomic E-state index is 12.5. The second-order valence-corrected chi connectivity index (χ2v) is 5.46. The predicted molar refractivity (Wildman–Crippen MR) is 88.8 cm³/mol. The molecule has 1 heterocycles. The number of H-pyrrole nitrogens is 1. The Labute approximate surface area is 151 Å². The molecule has 144 valence electrons. The van der Waals surface area contributed by atoms with Gasteiger partial charge >= 0.3 is 12.6 Å². The molecule has 1 aromatic carbocycles. The normalized spacial score (nSPS) is 11.9. The summed E-state index contributed by atoms with van der Waals surface area (Å²) in [5, 5.41) is 10.4. The molecule has 4 N–H and O–H groups in total. The fourth-order valence-corrected chi connectivity index (χ4v) is 2.62. The zero-order valence-corrected chi connectivity index (χ0v) is 14.1. The fraction of sp³-hybridized carbons (Fsp3) is 0.235. The van der Waals surface area contributed by atoms with Gasteiger partial charge in [-0.1, -0.05) is 12.1 Å². The second-order valence-electron chi connectivity index (χ2n) is 5.46. The molecular weight excluding hydrogens is 366 g/mol. The van der Waals surface area contributed by atoms with Gasteiger partial charge in [-0.05, 0) is 17.7 Å². The monoisotopic (exact) mass is 382 g/mol. The van der Waals surface area contributed by atoms with E-state index in [0.717, 1.165) is 13.3 Å². The van der Waals surface area contributed by atoms with Crippen molar-refractivity contribution in [3.05, 3.63) is 57.5 Å². The Balaban J connectivity index is 2.63. The van der Waals surface area contributed by atoms with Crippen LogP contribution in [0.3, 0.4) is 0 Å². The van der Waals surface area contributed by atoms with Crippen LogP contribution < -0.4 is 16.0 Å². The summed E-state index contributed by atoms with van der Waals surface area (Å²) in [4.78, 5) is 37.8. The predicted octanol–water partition coefficient (Wildman–Crippen LogP) is 1.48. The third-order valence-electron chi connectivity index (χ3n) is 3.75. The standard InChI is InChI=1S/C17H16F2N2O6/c1-26-16(25)11-7-21-15(24)13(14(11)23)10(6-12(20)22)8-3-2-4-9(5-8)27-17(18)19/h2-5,7,10,17H,6H2,1H3,(H2,20,22)(H2,21,23,24)/t10-/m0/s1. The van der Waals surface area contributed by atoms with Gasteiger partial charge in [0.1, 0.15) is 17.1 Å². The first-order valence-electron chi connectivity index (χ1n) is 7.60. The van der Waals surface area contributed by atoms with Crippen molar-refractivity contribution in [2.24, 2.45) is 5.73 Å². The average molecular weight is 382 g/mol. The number of benzene rings is 1. The lowest BCUT2D eigenvalue weighted by molar-refractivity contribution is -0.118. The van der Waals surface area contributed by atoms with Crippen LogP contribution in [0.4, 0.5) is 8.78 Å². The quantitative estimate of drug-likeness (QED) is 0.622. The molecule has 1 atom stereocenters. The van der Waals surface area contributed by atoms with Gasteiger partial charge in [-0.25, -0.2) is 4.79 Å². The number of aromatic amines is 1. The number of primary amides is 1. The second kappa shape index (κ2) is 8.30. The zero-order valence-electron chi connectivity index (χ0n) is 14.1. The molecule has 1 aromatic heterocycles. The van der Waals surface area contributed by atoms with Gasteiger partial charge in [0.05, 0.1) is 12.7 Å². The summed E-state index contributed by atoms with van der Waals surface area (Å²) in [6.07, 6.45) is 0.532. The van der Waals surface area contributed by atoms with Crippen LogP contribution in [0.15, 0.2) is 35.3 Å². The van der Waals surface area contributed by atoms with Crippen molar-refractivity contribution in [1.29, 1.82) is 0 Å². The van der Waals surface area contributed by atoms with Crippen molar-refractivity contribution in [3.8, 4) is 11.5 Å². The van der Waals surface area contributed by atoms with Crippen molar-refractivity contribution in [2.45, 2.75) is 19.0 Å². The van der Waals surface area contributed by atoms with E-state index in [1.807, 2.05) is 0 Å². The minimum Gasteiger partial charge on any atom is -0.506 e. The van der Waals surface area contributed by atoms with Gasteiger partial charge in [-0.3, -0.25) is 9.59 Å². The third-order valence-corrected chi connectivity index (χ3v) is 3.75. The Bertz CT molecular complexity index is 913. The summed E-state index contributed by atoms with van der Waals surface area (Å²) in [5.41, 5.74) is 3.99. The number of hydrogen-bond acceptors (Lipinski definition) is 6. The van der Waals surface area contributed by atoms with Gasteiger partial charge in [0.2, 0.25) is 5.91 Å². The number of aromatic hydroxyl groups is 1. The van der Waals surface area contributed by atoms with E-state index in [-0.39, 0.29) is 22.4 Å². The molecule has 8 nitrogen and oxygen atoms in total. The number of esters is 1. The van der Waals surface area contributed by atoms with E-state index in [1.54, 1.807) is 0 Å². The van der Waals surface area contributed by atoms with Gasteiger partial charge in [-0.2, -0.15) is 8.78 Å². The van der Waals surface area contributed by atoms with Crippen LogP contribution in [0, 0.1) is 0 Å². The Morgan fingerprint density at radius 2 is 2.04 bits per heavy atom. The van der Waals surface area contributed by atoms with Crippen LogP contribution in [0.2, 0.25) is 0 Å². The lowest BCUT2D eigenvalue weighted by Gasteiger charge is -2.18. The number of hydrogen-bond donors (Lipinski definition) is 3. The van der Waals surface area contributed by atoms with E-state index in [9.17, 15) is 28.3 Å². The first-order chi connectivity index (χ1) is 12.7. The molecule has 10 heteroatoms. The Hall–Kier alpha value is -3.43. The number of halogens is 2. The van der Waals surface area contributed by atoms with Crippen LogP contribution in [0.5, 0.6) is 11.5 Å². The highest BCUT2D eigenvalue weighted by atomic mass is 19.3. The summed E-state index contributed by atoms with van der Waals surface area (Å²) < 4.78 is 33.7. The SMILES string of the molecule is COC(=O)c1c[nH]c(=O)c([C@@H](CC(N)=O)c2cccc(OC(F)F)c2)c1O. The molecule has 0 aliphatic rings. The summed E-state index contributed by atoms with van der Waals surface area (Å²) in [6.45, 7) is -3.07. The van der Waals surface area contributed by atoms with Crippen molar-refractivity contribution in [2.75, 3.05) is 7.11 Å². The van der Waals surface area contributed by atoms with E-state index in [1.165, 1.54) is 24.3 Å². The average Bonchev–Trinajstić information content (AvgIpc) is 2.59. The smallest absolute Gasteiger partial charge is 0.387 e. The molecule has 0 aliphatic heterocycles. The van der Waals surface area contributed by atoms with Crippen LogP contribution in [0.1, 0.15) is 33.8 Å². The highest BCUT2D eigenvalue weighted by molar-refractivity contribution is 5.92. The van der Waals surface area contributed by atoms with E-state index in [0.29, 0.717) is 0 Å². The number of nitrogens with two attached hydrogens (primary N) is 1. The van der Waals surface area contributed by atoms with Gasteiger partial charge in [0, 0.05) is 18.5 Å². The maximum Gasteiger partial charge on any atom is 0.387 e. The first-order valence-corrected chi connectivity index (χ1v) is 7.60. The minimum absolute atomic E-state index is 0.203. The fourth-order valence-electron chi connectivity index (χ4n) is 2.62. The molecule has 0 saturated heterocycles. The molecule has 0 bridgehead atoms. The van der Waals surface area contributed by atoms with Gasteiger partial charge in [0.25, 0.3) is 5.56 Å². The number of carbonyl (C=O) groups excluding carboxylic acids is 2. The largest absolute Gasteiger partial charge is 0.506 e. The van der Waals surface area contributed by atoms with Crippen LogP contribution in [-0.4, -0.2) is 35.7 Å². The molecule has 0 fully saturated rings.